The second kappa shape index (κ2) is 9.15. The van der Waals surface area contributed by atoms with Gasteiger partial charge >= 0.3 is 0 Å². The Morgan fingerprint density at radius 3 is 2.73 bits per heavy atom. The molecule has 9 nitrogen and oxygen atoms in total. The lowest BCUT2D eigenvalue weighted by molar-refractivity contribution is -0.136. The van der Waals surface area contributed by atoms with E-state index in [4.69, 9.17) is 4.74 Å². The van der Waals surface area contributed by atoms with Gasteiger partial charge in [0, 0.05) is 60.8 Å². The van der Waals surface area contributed by atoms with Crippen LogP contribution in [0.5, 0.6) is 5.75 Å². The Kier molecular flexibility index (Phi) is 5.79. The third-order valence-electron chi connectivity index (χ3n) is 7.46. The average molecular weight is 501 g/mol. The van der Waals surface area contributed by atoms with Crippen molar-refractivity contribution in [3.8, 4) is 5.75 Å². The molecule has 0 spiro atoms. The van der Waals surface area contributed by atoms with Crippen LogP contribution >= 0.6 is 0 Å². The van der Waals surface area contributed by atoms with Gasteiger partial charge in [-0.25, -0.2) is 0 Å². The predicted molar refractivity (Wildman–Crippen MR) is 136 cm³/mol. The Hall–Kier alpha value is -3.98. The van der Waals surface area contributed by atoms with Gasteiger partial charge in [-0.15, -0.1) is 0 Å². The molecule has 0 radical (unpaired) electrons. The van der Waals surface area contributed by atoms with Gasteiger partial charge in [-0.3, -0.25) is 29.4 Å². The molecule has 3 aliphatic rings. The summed E-state index contributed by atoms with van der Waals surface area (Å²) in [5.41, 5.74) is 4.23. The zero-order valence-electron chi connectivity index (χ0n) is 20.6. The maximum Gasteiger partial charge on any atom is 0.255 e. The summed E-state index contributed by atoms with van der Waals surface area (Å²) in [4.78, 5) is 56.1. The van der Waals surface area contributed by atoms with Crippen molar-refractivity contribution in [2.45, 2.75) is 51.4 Å². The van der Waals surface area contributed by atoms with E-state index < -0.39 is 11.9 Å². The molecule has 3 amide bonds. The molecule has 2 saturated heterocycles. The fraction of sp³-hybridized carbons (Fsp3) is 0.357. The standard InChI is InChI=1S/C28H28N4O5/c1-16-10-25(33)22-11-17(2-5-23(22)29-16)13-31-9-8-20(15-31)37-19-3-4-21-18(12-19)14-32(28(21)36)24-6-7-26(34)30-27(24)35/h2-5,10-12,20,24H,6-9,13-15H2,1H3,(H,29,33)(H,30,34,35)/t20-,24?/m0/s1. The largest absolute Gasteiger partial charge is 0.489 e. The van der Waals surface area contributed by atoms with Crippen molar-refractivity contribution in [3.63, 3.8) is 0 Å². The van der Waals surface area contributed by atoms with Crippen LogP contribution in [-0.2, 0) is 22.7 Å². The monoisotopic (exact) mass is 500 g/mol. The van der Waals surface area contributed by atoms with E-state index in [0.29, 0.717) is 29.7 Å². The van der Waals surface area contributed by atoms with Crippen molar-refractivity contribution >= 4 is 28.6 Å². The number of nitrogens with zero attached hydrogens (tertiary/aromatic N) is 2. The van der Waals surface area contributed by atoms with E-state index in [1.165, 1.54) is 0 Å². The third kappa shape index (κ3) is 4.51. The number of fused-ring (bicyclic) bond motifs is 2. The van der Waals surface area contributed by atoms with E-state index in [-0.39, 0.29) is 29.8 Å². The van der Waals surface area contributed by atoms with Crippen molar-refractivity contribution in [2.24, 2.45) is 0 Å². The van der Waals surface area contributed by atoms with E-state index in [1.54, 1.807) is 17.0 Å². The number of ether oxygens (including phenoxy) is 1. The SMILES string of the molecule is Cc1cc(=O)c2cc(CN3CC[C@H](Oc4ccc5c(c4)CN(C4CCC(=O)NC4=O)C5=O)C3)ccc2[nH]1. The fourth-order valence-corrected chi connectivity index (χ4v) is 5.64. The van der Waals surface area contributed by atoms with Gasteiger partial charge in [0.2, 0.25) is 11.8 Å². The summed E-state index contributed by atoms with van der Waals surface area (Å²) in [5.74, 6) is -0.189. The zero-order chi connectivity index (χ0) is 25.7. The zero-order valence-corrected chi connectivity index (χ0v) is 20.6. The Bertz CT molecular complexity index is 1500. The number of carbonyl (C=O) groups excluding carboxylic acids is 3. The van der Waals surface area contributed by atoms with Gasteiger partial charge in [-0.05, 0) is 61.2 Å². The molecule has 2 aromatic carbocycles. The topological polar surface area (TPSA) is 112 Å². The number of piperidine rings is 1. The lowest BCUT2D eigenvalue weighted by Gasteiger charge is -2.29. The fourth-order valence-electron chi connectivity index (χ4n) is 5.64. The lowest BCUT2D eigenvalue weighted by atomic mass is 10.0. The van der Waals surface area contributed by atoms with Crippen LogP contribution in [0, 0.1) is 6.92 Å². The predicted octanol–water partition coefficient (Wildman–Crippen LogP) is 2.25. The van der Waals surface area contributed by atoms with Crippen molar-refractivity contribution in [3.05, 3.63) is 75.1 Å². The number of imide groups is 1. The van der Waals surface area contributed by atoms with Crippen LogP contribution in [0.25, 0.3) is 10.9 Å². The lowest BCUT2D eigenvalue weighted by Crippen LogP contribution is -2.52. The highest BCUT2D eigenvalue weighted by Crippen LogP contribution is 2.31. The Balaban J connectivity index is 1.09. The highest BCUT2D eigenvalue weighted by molar-refractivity contribution is 6.05. The van der Waals surface area contributed by atoms with Crippen molar-refractivity contribution in [1.29, 1.82) is 0 Å². The number of carbonyl (C=O) groups is 3. The number of aryl methyl sites for hydroxylation is 1. The van der Waals surface area contributed by atoms with Crippen LogP contribution in [0.3, 0.4) is 0 Å². The molecule has 190 valence electrons. The molecule has 2 fully saturated rings. The van der Waals surface area contributed by atoms with Crippen LogP contribution in [0.2, 0.25) is 0 Å². The van der Waals surface area contributed by atoms with E-state index in [1.807, 2.05) is 31.2 Å². The highest BCUT2D eigenvalue weighted by Gasteiger charge is 2.39. The van der Waals surface area contributed by atoms with Crippen LogP contribution in [0.4, 0.5) is 0 Å². The number of nitrogens with one attached hydrogen (secondary N) is 2. The Morgan fingerprint density at radius 2 is 1.89 bits per heavy atom. The van der Waals surface area contributed by atoms with E-state index in [9.17, 15) is 19.2 Å². The molecule has 0 saturated carbocycles. The maximum atomic E-state index is 12.9. The van der Waals surface area contributed by atoms with Gasteiger partial charge in [-0.1, -0.05) is 6.07 Å². The molecule has 1 aromatic heterocycles. The Labute approximate surface area is 213 Å². The Morgan fingerprint density at radius 1 is 1.03 bits per heavy atom. The molecular formula is C28H28N4O5. The number of pyridine rings is 1. The smallest absolute Gasteiger partial charge is 0.255 e. The van der Waals surface area contributed by atoms with E-state index in [2.05, 4.69) is 21.3 Å². The van der Waals surface area contributed by atoms with E-state index in [0.717, 1.165) is 48.4 Å². The summed E-state index contributed by atoms with van der Waals surface area (Å²) >= 11 is 0. The third-order valence-corrected chi connectivity index (χ3v) is 7.46. The van der Waals surface area contributed by atoms with Gasteiger partial charge in [0.25, 0.3) is 5.91 Å². The summed E-state index contributed by atoms with van der Waals surface area (Å²) in [5, 5.41) is 3.03. The summed E-state index contributed by atoms with van der Waals surface area (Å²) in [6.45, 7) is 4.60. The molecular weight excluding hydrogens is 472 g/mol. The minimum Gasteiger partial charge on any atom is -0.489 e. The first kappa shape index (κ1) is 23.4. The number of benzene rings is 2. The summed E-state index contributed by atoms with van der Waals surface area (Å²) in [6, 6.07) is 12.4. The van der Waals surface area contributed by atoms with Gasteiger partial charge in [0.15, 0.2) is 5.43 Å². The van der Waals surface area contributed by atoms with Gasteiger partial charge in [0.1, 0.15) is 17.9 Å². The van der Waals surface area contributed by atoms with Crippen LogP contribution in [-0.4, -0.2) is 57.7 Å². The molecule has 6 rings (SSSR count). The van der Waals surface area contributed by atoms with Gasteiger partial charge < -0.3 is 14.6 Å². The first-order valence-electron chi connectivity index (χ1n) is 12.6. The van der Waals surface area contributed by atoms with Crippen molar-refractivity contribution in [1.82, 2.24) is 20.1 Å². The van der Waals surface area contributed by atoms with Crippen molar-refractivity contribution in [2.75, 3.05) is 13.1 Å². The van der Waals surface area contributed by atoms with Gasteiger partial charge in [-0.2, -0.15) is 0 Å². The number of aromatic amines is 1. The first-order valence-corrected chi connectivity index (χ1v) is 12.6. The molecule has 0 aliphatic carbocycles. The quantitative estimate of drug-likeness (QED) is 0.520. The number of hydrogen-bond donors (Lipinski definition) is 2. The second-order valence-electron chi connectivity index (χ2n) is 10.2. The maximum absolute atomic E-state index is 12.9. The van der Waals surface area contributed by atoms with Gasteiger partial charge in [0.05, 0.1) is 0 Å². The molecule has 4 heterocycles. The number of H-pyrrole nitrogens is 1. The minimum atomic E-state index is -0.625. The minimum absolute atomic E-state index is 0.0212. The number of amides is 3. The van der Waals surface area contributed by atoms with Crippen molar-refractivity contribution < 1.29 is 19.1 Å². The summed E-state index contributed by atoms with van der Waals surface area (Å²) in [6.07, 6.45) is 1.48. The summed E-state index contributed by atoms with van der Waals surface area (Å²) in [7, 11) is 0. The number of rotatable bonds is 5. The number of hydrogen-bond acceptors (Lipinski definition) is 6. The van der Waals surface area contributed by atoms with Crippen LogP contribution < -0.4 is 15.5 Å². The molecule has 0 bridgehead atoms. The average Bonchev–Trinajstić information content (AvgIpc) is 3.43. The molecule has 37 heavy (non-hydrogen) atoms. The second-order valence-corrected chi connectivity index (χ2v) is 10.2. The molecule has 2 atom stereocenters. The summed E-state index contributed by atoms with van der Waals surface area (Å²) < 4.78 is 6.27. The highest BCUT2D eigenvalue weighted by atomic mass is 16.5. The van der Waals surface area contributed by atoms with E-state index >= 15 is 0 Å². The molecule has 3 aliphatic heterocycles. The number of likely N-dealkylation sites (tertiary alicyclic amines) is 1. The normalized spacial score (nSPS) is 22.0. The number of aromatic nitrogens is 1. The van der Waals surface area contributed by atoms with Crippen LogP contribution in [0.1, 0.15) is 46.4 Å². The molecule has 9 heteroatoms. The first-order chi connectivity index (χ1) is 17.8. The molecule has 3 aromatic rings. The van der Waals surface area contributed by atoms with Crippen LogP contribution in [0.15, 0.2) is 47.3 Å². The molecule has 1 unspecified atom stereocenters. The molecule has 2 N–H and O–H groups in total.